The van der Waals surface area contributed by atoms with Crippen molar-refractivity contribution in [3.8, 4) is 0 Å². The molecule has 1 aromatic heterocycles. The summed E-state index contributed by atoms with van der Waals surface area (Å²) in [6, 6.07) is 6.64. The Kier molecular flexibility index (Phi) is 3.96. The molecule has 0 saturated carbocycles. The lowest BCUT2D eigenvalue weighted by Gasteiger charge is -2.33. The molecule has 22 heavy (non-hydrogen) atoms. The van der Waals surface area contributed by atoms with Gasteiger partial charge in [-0.15, -0.1) is 0 Å². The first-order chi connectivity index (χ1) is 10.4. The van der Waals surface area contributed by atoms with Crippen LogP contribution in [0.5, 0.6) is 0 Å². The van der Waals surface area contributed by atoms with E-state index in [1.54, 1.807) is 0 Å². The standard InChI is InChI=1S/C19H27N3/c1-5-13-7-8-16-14(11-13)18(19(3,4)20)15-12-22(6-2)10-9-17(15)21-16/h7-8,11H,5-6,9-10,12,20H2,1-4H3. The molecular formula is C19H27N3. The smallest absolute Gasteiger partial charge is 0.0709 e. The second-order valence-corrected chi connectivity index (χ2v) is 6.96. The average Bonchev–Trinajstić information content (AvgIpc) is 2.50. The van der Waals surface area contributed by atoms with Gasteiger partial charge in [-0.2, -0.15) is 0 Å². The molecule has 0 saturated heterocycles. The van der Waals surface area contributed by atoms with Crippen LogP contribution in [-0.2, 0) is 24.9 Å². The van der Waals surface area contributed by atoms with Crippen LogP contribution in [0.4, 0.5) is 0 Å². The van der Waals surface area contributed by atoms with Crippen LogP contribution in [0.25, 0.3) is 10.9 Å². The summed E-state index contributed by atoms with van der Waals surface area (Å²) in [7, 11) is 0. The van der Waals surface area contributed by atoms with Gasteiger partial charge in [-0.1, -0.05) is 19.9 Å². The number of nitrogens with zero attached hydrogens (tertiary/aromatic N) is 2. The van der Waals surface area contributed by atoms with Crippen LogP contribution in [-0.4, -0.2) is 23.0 Å². The highest BCUT2D eigenvalue weighted by atomic mass is 15.1. The van der Waals surface area contributed by atoms with Crippen molar-refractivity contribution in [3.05, 3.63) is 40.6 Å². The first-order valence-electron chi connectivity index (χ1n) is 8.40. The molecule has 3 heteroatoms. The number of likely N-dealkylation sites (N-methyl/N-ethyl adjacent to an activating group) is 1. The molecule has 2 heterocycles. The van der Waals surface area contributed by atoms with E-state index in [1.807, 2.05) is 0 Å². The van der Waals surface area contributed by atoms with Crippen molar-refractivity contribution in [2.24, 2.45) is 5.73 Å². The molecule has 2 N–H and O–H groups in total. The van der Waals surface area contributed by atoms with Crippen LogP contribution >= 0.6 is 0 Å². The van der Waals surface area contributed by atoms with Crippen LogP contribution in [0.15, 0.2) is 18.2 Å². The number of rotatable bonds is 3. The van der Waals surface area contributed by atoms with Gasteiger partial charge in [0.2, 0.25) is 0 Å². The van der Waals surface area contributed by atoms with Crippen molar-refractivity contribution in [2.45, 2.75) is 52.6 Å². The first-order valence-corrected chi connectivity index (χ1v) is 8.40. The third-order valence-electron chi connectivity index (χ3n) is 4.78. The Hall–Kier alpha value is -1.45. The number of hydrogen-bond donors (Lipinski definition) is 1. The lowest BCUT2D eigenvalue weighted by molar-refractivity contribution is 0.263. The molecule has 2 aromatic rings. The Balaban J connectivity index is 2.30. The molecule has 0 amide bonds. The summed E-state index contributed by atoms with van der Waals surface area (Å²) in [5.74, 6) is 0. The number of hydrogen-bond acceptors (Lipinski definition) is 3. The summed E-state index contributed by atoms with van der Waals surface area (Å²) in [4.78, 5) is 7.43. The van der Waals surface area contributed by atoms with Crippen LogP contribution in [0, 0.1) is 0 Å². The van der Waals surface area contributed by atoms with Gasteiger partial charge in [-0.25, -0.2) is 0 Å². The molecule has 0 spiro atoms. The third-order valence-corrected chi connectivity index (χ3v) is 4.78. The topological polar surface area (TPSA) is 42.1 Å². The molecule has 1 aliphatic heterocycles. The lowest BCUT2D eigenvalue weighted by Crippen LogP contribution is -2.36. The number of benzene rings is 1. The molecule has 0 unspecified atom stereocenters. The van der Waals surface area contributed by atoms with Crippen molar-refractivity contribution in [1.29, 1.82) is 0 Å². The molecule has 0 atom stereocenters. The zero-order valence-corrected chi connectivity index (χ0v) is 14.2. The van der Waals surface area contributed by atoms with E-state index >= 15 is 0 Å². The fourth-order valence-corrected chi connectivity index (χ4v) is 3.57. The van der Waals surface area contributed by atoms with Crippen molar-refractivity contribution >= 4 is 10.9 Å². The second kappa shape index (κ2) is 5.64. The normalized spacial score (nSPS) is 16.0. The second-order valence-electron chi connectivity index (χ2n) is 6.96. The molecule has 3 nitrogen and oxygen atoms in total. The van der Waals surface area contributed by atoms with E-state index in [2.05, 4.69) is 50.8 Å². The number of pyridine rings is 1. The van der Waals surface area contributed by atoms with Gasteiger partial charge in [0.25, 0.3) is 0 Å². The summed E-state index contributed by atoms with van der Waals surface area (Å²) in [6.45, 7) is 11.8. The molecule has 0 aliphatic carbocycles. The van der Waals surface area contributed by atoms with Gasteiger partial charge in [0.05, 0.1) is 5.52 Å². The highest BCUT2D eigenvalue weighted by molar-refractivity contribution is 5.85. The molecule has 3 rings (SSSR count). The summed E-state index contributed by atoms with van der Waals surface area (Å²) in [5.41, 5.74) is 12.6. The van der Waals surface area contributed by atoms with E-state index in [-0.39, 0.29) is 5.54 Å². The maximum absolute atomic E-state index is 6.58. The molecule has 1 aliphatic rings. The number of fused-ring (bicyclic) bond motifs is 2. The van der Waals surface area contributed by atoms with Crippen LogP contribution < -0.4 is 5.73 Å². The van der Waals surface area contributed by atoms with Gasteiger partial charge in [0.15, 0.2) is 0 Å². The maximum Gasteiger partial charge on any atom is 0.0709 e. The van der Waals surface area contributed by atoms with Gasteiger partial charge < -0.3 is 5.73 Å². The maximum atomic E-state index is 6.58. The number of aromatic nitrogens is 1. The fourth-order valence-electron chi connectivity index (χ4n) is 3.57. The van der Waals surface area contributed by atoms with Crippen molar-refractivity contribution < 1.29 is 0 Å². The van der Waals surface area contributed by atoms with E-state index in [1.165, 1.54) is 27.8 Å². The summed E-state index contributed by atoms with van der Waals surface area (Å²) < 4.78 is 0. The first kappa shape index (κ1) is 15.4. The number of nitrogens with two attached hydrogens (primary N) is 1. The fraction of sp³-hybridized carbons (Fsp3) is 0.526. The Morgan fingerprint density at radius 2 is 2.05 bits per heavy atom. The molecular weight excluding hydrogens is 270 g/mol. The van der Waals surface area contributed by atoms with Crippen molar-refractivity contribution in [1.82, 2.24) is 9.88 Å². The summed E-state index contributed by atoms with van der Waals surface area (Å²) in [6.07, 6.45) is 2.07. The van der Waals surface area contributed by atoms with Gasteiger partial charge in [-0.05, 0) is 55.6 Å². The summed E-state index contributed by atoms with van der Waals surface area (Å²) >= 11 is 0. The molecule has 0 fully saturated rings. The summed E-state index contributed by atoms with van der Waals surface area (Å²) in [5, 5.41) is 1.24. The average molecular weight is 297 g/mol. The highest BCUT2D eigenvalue weighted by Gasteiger charge is 2.28. The van der Waals surface area contributed by atoms with E-state index in [0.29, 0.717) is 0 Å². The van der Waals surface area contributed by atoms with E-state index in [4.69, 9.17) is 10.7 Å². The molecule has 118 valence electrons. The van der Waals surface area contributed by atoms with Crippen molar-refractivity contribution in [2.75, 3.05) is 13.1 Å². The Morgan fingerprint density at radius 1 is 1.27 bits per heavy atom. The van der Waals surface area contributed by atoms with Gasteiger partial charge in [0.1, 0.15) is 0 Å². The minimum absolute atomic E-state index is 0.353. The van der Waals surface area contributed by atoms with E-state index < -0.39 is 0 Å². The SMILES string of the molecule is CCc1ccc2nc3c(c(C(C)(C)N)c2c1)CN(CC)CC3. The third kappa shape index (κ3) is 2.64. The van der Waals surface area contributed by atoms with Crippen molar-refractivity contribution in [3.63, 3.8) is 0 Å². The molecule has 0 bridgehead atoms. The van der Waals surface area contributed by atoms with Crippen LogP contribution in [0.2, 0.25) is 0 Å². The highest BCUT2D eigenvalue weighted by Crippen LogP contribution is 2.34. The quantitative estimate of drug-likeness (QED) is 0.944. The largest absolute Gasteiger partial charge is 0.322 e. The Morgan fingerprint density at radius 3 is 2.68 bits per heavy atom. The predicted octanol–water partition coefficient (Wildman–Crippen LogP) is 3.37. The van der Waals surface area contributed by atoms with Gasteiger partial charge >= 0.3 is 0 Å². The van der Waals surface area contributed by atoms with Gasteiger partial charge in [0, 0.05) is 36.1 Å². The number of aryl methyl sites for hydroxylation is 1. The zero-order chi connectivity index (χ0) is 15.9. The van der Waals surface area contributed by atoms with Crippen LogP contribution in [0.3, 0.4) is 0 Å². The van der Waals surface area contributed by atoms with E-state index in [0.717, 1.165) is 38.0 Å². The Bertz CT molecular complexity index is 698. The minimum Gasteiger partial charge on any atom is -0.322 e. The van der Waals surface area contributed by atoms with E-state index in [9.17, 15) is 0 Å². The Labute approximate surface area is 133 Å². The van der Waals surface area contributed by atoms with Gasteiger partial charge in [-0.3, -0.25) is 9.88 Å². The zero-order valence-electron chi connectivity index (χ0n) is 14.2. The minimum atomic E-state index is -0.353. The van der Waals surface area contributed by atoms with Crippen LogP contribution in [0.1, 0.15) is 50.1 Å². The lowest BCUT2D eigenvalue weighted by atomic mass is 9.84. The molecule has 0 radical (unpaired) electrons. The predicted molar refractivity (Wildman–Crippen MR) is 93.0 cm³/mol. The molecule has 1 aromatic carbocycles. The monoisotopic (exact) mass is 297 g/mol.